The Morgan fingerprint density at radius 2 is 2.21 bits per heavy atom. The monoisotopic (exact) mass is 193 g/mol. The van der Waals surface area contributed by atoms with Gasteiger partial charge in [0.05, 0.1) is 6.61 Å². The van der Waals surface area contributed by atoms with Gasteiger partial charge in [0.2, 0.25) is 6.79 Å². The zero-order valence-corrected chi connectivity index (χ0v) is 7.60. The highest BCUT2D eigenvalue weighted by molar-refractivity contribution is 5.56. The van der Waals surface area contributed by atoms with Crippen molar-refractivity contribution in [1.29, 1.82) is 0 Å². The Kier molecular flexibility index (Phi) is 2.67. The molecule has 1 aliphatic rings. The molecule has 14 heavy (non-hydrogen) atoms. The van der Waals surface area contributed by atoms with E-state index in [9.17, 15) is 0 Å². The van der Waals surface area contributed by atoms with E-state index in [0.717, 1.165) is 17.1 Å². The van der Waals surface area contributed by atoms with Crippen molar-refractivity contribution >= 4 is 6.08 Å². The van der Waals surface area contributed by atoms with Crippen LogP contribution in [0.2, 0.25) is 0 Å². The lowest BCUT2D eigenvalue weighted by molar-refractivity contribution is 0.168. The number of fused-ring (bicyclic) bond motifs is 1. The molecule has 4 nitrogen and oxygen atoms in total. The van der Waals surface area contributed by atoms with Crippen molar-refractivity contribution < 1.29 is 14.3 Å². The maximum Gasteiger partial charge on any atom is 0.231 e. The summed E-state index contributed by atoms with van der Waals surface area (Å²) in [7, 11) is 0. The minimum atomic E-state index is 0.300. The van der Waals surface area contributed by atoms with E-state index in [1.54, 1.807) is 0 Å². The van der Waals surface area contributed by atoms with Gasteiger partial charge in [-0.25, -0.2) is 5.90 Å². The van der Waals surface area contributed by atoms with E-state index >= 15 is 0 Å². The molecule has 1 aromatic rings. The first-order valence-corrected chi connectivity index (χ1v) is 4.28. The summed E-state index contributed by atoms with van der Waals surface area (Å²) in [6, 6.07) is 5.74. The SMILES string of the molecule is NOC/C=C/c1ccc2c(c1)OCO2. The summed E-state index contributed by atoms with van der Waals surface area (Å²) in [6.07, 6.45) is 3.74. The quantitative estimate of drug-likeness (QED) is 0.735. The van der Waals surface area contributed by atoms with Crippen LogP contribution in [0.15, 0.2) is 24.3 Å². The lowest BCUT2D eigenvalue weighted by Gasteiger charge is -1.97. The molecule has 0 atom stereocenters. The van der Waals surface area contributed by atoms with Crippen LogP contribution in [-0.2, 0) is 4.84 Å². The van der Waals surface area contributed by atoms with Crippen LogP contribution in [0.25, 0.3) is 6.08 Å². The van der Waals surface area contributed by atoms with Crippen molar-refractivity contribution in [2.75, 3.05) is 13.4 Å². The second kappa shape index (κ2) is 4.13. The topological polar surface area (TPSA) is 53.7 Å². The van der Waals surface area contributed by atoms with Crippen LogP contribution in [0, 0.1) is 0 Å². The summed E-state index contributed by atoms with van der Waals surface area (Å²) >= 11 is 0. The van der Waals surface area contributed by atoms with Crippen LogP contribution in [-0.4, -0.2) is 13.4 Å². The molecule has 0 saturated heterocycles. The highest BCUT2D eigenvalue weighted by atomic mass is 16.7. The van der Waals surface area contributed by atoms with Crippen molar-refractivity contribution in [2.24, 2.45) is 5.90 Å². The van der Waals surface area contributed by atoms with E-state index in [4.69, 9.17) is 15.4 Å². The van der Waals surface area contributed by atoms with Crippen LogP contribution in [0.1, 0.15) is 5.56 Å². The number of hydrogen-bond acceptors (Lipinski definition) is 4. The first-order valence-electron chi connectivity index (χ1n) is 4.28. The van der Waals surface area contributed by atoms with Gasteiger partial charge in [-0.1, -0.05) is 18.2 Å². The van der Waals surface area contributed by atoms with Gasteiger partial charge >= 0.3 is 0 Å². The number of ether oxygens (including phenoxy) is 2. The van der Waals surface area contributed by atoms with Gasteiger partial charge in [0.25, 0.3) is 0 Å². The van der Waals surface area contributed by atoms with Gasteiger partial charge in [-0.05, 0) is 17.7 Å². The van der Waals surface area contributed by atoms with Gasteiger partial charge in [-0.2, -0.15) is 0 Å². The molecule has 74 valence electrons. The molecule has 1 aliphatic heterocycles. The fourth-order valence-electron chi connectivity index (χ4n) is 1.26. The fraction of sp³-hybridized carbons (Fsp3) is 0.200. The predicted octanol–water partition coefficient (Wildman–Crippen LogP) is 1.32. The molecule has 2 rings (SSSR count). The summed E-state index contributed by atoms with van der Waals surface area (Å²) in [5.74, 6) is 6.45. The normalized spacial score (nSPS) is 13.8. The first kappa shape index (κ1) is 9.05. The van der Waals surface area contributed by atoms with E-state index in [2.05, 4.69) is 4.84 Å². The molecule has 2 N–H and O–H groups in total. The molecular formula is C10H11NO3. The predicted molar refractivity (Wildman–Crippen MR) is 51.7 cm³/mol. The van der Waals surface area contributed by atoms with Crippen LogP contribution < -0.4 is 15.4 Å². The molecule has 1 aromatic carbocycles. The van der Waals surface area contributed by atoms with Crippen LogP contribution >= 0.6 is 0 Å². The van der Waals surface area contributed by atoms with Gasteiger partial charge < -0.3 is 14.3 Å². The third kappa shape index (κ3) is 1.86. The molecule has 0 radical (unpaired) electrons. The summed E-state index contributed by atoms with van der Waals surface area (Å²) < 4.78 is 10.4. The average molecular weight is 193 g/mol. The summed E-state index contributed by atoms with van der Waals surface area (Å²) in [5, 5.41) is 0. The molecule has 0 bridgehead atoms. The Morgan fingerprint density at radius 1 is 1.36 bits per heavy atom. The summed E-state index contributed by atoms with van der Waals surface area (Å²) in [5.41, 5.74) is 1.03. The second-order valence-electron chi connectivity index (χ2n) is 2.85. The van der Waals surface area contributed by atoms with Gasteiger partial charge in [0.1, 0.15) is 0 Å². The average Bonchev–Trinajstić information content (AvgIpc) is 2.65. The summed E-state index contributed by atoms with van der Waals surface area (Å²) in [6.45, 7) is 0.697. The fourth-order valence-corrected chi connectivity index (χ4v) is 1.26. The zero-order chi connectivity index (χ0) is 9.80. The second-order valence-corrected chi connectivity index (χ2v) is 2.85. The third-order valence-corrected chi connectivity index (χ3v) is 1.90. The van der Waals surface area contributed by atoms with Gasteiger partial charge in [-0.3, -0.25) is 0 Å². The molecule has 0 fully saturated rings. The van der Waals surface area contributed by atoms with Crippen molar-refractivity contribution in [2.45, 2.75) is 0 Å². The smallest absolute Gasteiger partial charge is 0.231 e. The largest absolute Gasteiger partial charge is 0.454 e. The maximum atomic E-state index is 5.23. The number of nitrogens with two attached hydrogens (primary N) is 1. The highest BCUT2D eigenvalue weighted by Gasteiger charge is 2.11. The van der Waals surface area contributed by atoms with E-state index in [-0.39, 0.29) is 0 Å². The van der Waals surface area contributed by atoms with Crippen LogP contribution in [0.4, 0.5) is 0 Å². The van der Waals surface area contributed by atoms with Gasteiger partial charge in [-0.15, -0.1) is 0 Å². The number of rotatable bonds is 3. The van der Waals surface area contributed by atoms with Crippen molar-refractivity contribution in [3.05, 3.63) is 29.8 Å². The molecule has 0 saturated carbocycles. The molecule has 1 heterocycles. The van der Waals surface area contributed by atoms with Crippen LogP contribution in [0.3, 0.4) is 0 Å². The molecule has 0 aliphatic carbocycles. The Hall–Kier alpha value is -1.52. The lowest BCUT2D eigenvalue weighted by Crippen LogP contribution is -1.96. The Bertz CT molecular complexity index is 349. The van der Waals surface area contributed by atoms with Crippen molar-refractivity contribution in [3.63, 3.8) is 0 Å². The van der Waals surface area contributed by atoms with E-state index in [0.29, 0.717) is 13.4 Å². The van der Waals surface area contributed by atoms with E-state index in [1.807, 2.05) is 30.4 Å². The van der Waals surface area contributed by atoms with E-state index < -0.39 is 0 Å². The zero-order valence-electron chi connectivity index (χ0n) is 7.60. The molecule has 0 amide bonds. The third-order valence-electron chi connectivity index (χ3n) is 1.90. The maximum absolute atomic E-state index is 5.23. The number of benzene rings is 1. The molecule has 0 aromatic heterocycles. The summed E-state index contributed by atoms with van der Waals surface area (Å²) in [4.78, 5) is 4.41. The minimum Gasteiger partial charge on any atom is -0.454 e. The Balaban J connectivity index is 2.12. The minimum absolute atomic E-state index is 0.300. The standard InChI is InChI=1S/C10H11NO3/c11-14-5-1-2-8-3-4-9-10(6-8)13-7-12-9/h1-4,6H,5,7,11H2/b2-1+. The van der Waals surface area contributed by atoms with Crippen LogP contribution in [0.5, 0.6) is 11.5 Å². The van der Waals surface area contributed by atoms with Gasteiger partial charge in [0, 0.05) is 0 Å². The molecule has 0 unspecified atom stereocenters. The van der Waals surface area contributed by atoms with Gasteiger partial charge in [0.15, 0.2) is 11.5 Å². The number of hydrogen-bond donors (Lipinski definition) is 1. The van der Waals surface area contributed by atoms with E-state index in [1.165, 1.54) is 0 Å². The lowest BCUT2D eigenvalue weighted by atomic mass is 10.2. The highest BCUT2D eigenvalue weighted by Crippen LogP contribution is 2.32. The molecular weight excluding hydrogens is 182 g/mol. The molecule has 0 spiro atoms. The Morgan fingerprint density at radius 3 is 3.07 bits per heavy atom. The molecule has 4 heteroatoms. The first-order chi connectivity index (χ1) is 6.90. The van der Waals surface area contributed by atoms with Crippen molar-refractivity contribution in [3.8, 4) is 11.5 Å². The van der Waals surface area contributed by atoms with Crippen molar-refractivity contribution in [1.82, 2.24) is 0 Å². The Labute approximate surface area is 81.8 Å².